The Balaban J connectivity index is 1.61. The van der Waals surface area contributed by atoms with Gasteiger partial charge in [-0.3, -0.25) is 0 Å². The number of tetrazole rings is 1. The minimum Gasteiger partial charge on any atom is -0.316 e. The van der Waals surface area contributed by atoms with Gasteiger partial charge < -0.3 is 5.32 Å². The molecule has 1 fully saturated rings. The lowest BCUT2D eigenvalue weighted by atomic mass is 9.99. The summed E-state index contributed by atoms with van der Waals surface area (Å²) in [7, 11) is 0. The molecule has 0 aliphatic carbocycles. The van der Waals surface area contributed by atoms with E-state index in [1.54, 1.807) is 13.9 Å². The molecule has 0 radical (unpaired) electrons. The van der Waals surface area contributed by atoms with Crippen molar-refractivity contribution in [1.82, 2.24) is 39.9 Å². The Morgan fingerprint density at radius 1 is 1.19 bits per heavy atom. The van der Waals surface area contributed by atoms with Gasteiger partial charge in [0.15, 0.2) is 0 Å². The van der Waals surface area contributed by atoms with Crippen molar-refractivity contribution in [2.24, 2.45) is 0 Å². The van der Waals surface area contributed by atoms with Crippen LogP contribution in [0.3, 0.4) is 0 Å². The van der Waals surface area contributed by atoms with E-state index in [0.29, 0.717) is 13.1 Å². The van der Waals surface area contributed by atoms with E-state index >= 15 is 0 Å². The highest BCUT2D eigenvalue weighted by molar-refractivity contribution is 5.33. The molecule has 3 heterocycles. The van der Waals surface area contributed by atoms with Gasteiger partial charge in [0.1, 0.15) is 11.6 Å². The van der Waals surface area contributed by atoms with Crippen LogP contribution in [0.15, 0.2) is 35.1 Å². The molecular formula is C18H24N8O. The SMILES string of the molecule is Cc1nnnn1CCCn1nc([C@H]2CCCNC2)n(-c2ccccc2)c1=O. The number of aryl methyl sites for hydroxylation is 3. The van der Waals surface area contributed by atoms with Crippen molar-refractivity contribution in [1.29, 1.82) is 0 Å². The van der Waals surface area contributed by atoms with Crippen LogP contribution in [0.25, 0.3) is 5.69 Å². The van der Waals surface area contributed by atoms with Crippen LogP contribution in [0.2, 0.25) is 0 Å². The van der Waals surface area contributed by atoms with Crippen LogP contribution in [0.5, 0.6) is 0 Å². The Bertz CT molecular complexity index is 936. The van der Waals surface area contributed by atoms with E-state index in [0.717, 1.165) is 49.7 Å². The summed E-state index contributed by atoms with van der Waals surface area (Å²) in [4.78, 5) is 13.1. The van der Waals surface area contributed by atoms with E-state index in [4.69, 9.17) is 5.10 Å². The van der Waals surface area contributed by atoms with Crippen molar-refractivity contribution in [3.8, 4) is 5.69 Å². The first-order valence-corrected chi connectivity index (χ1v) is 9.42. The minimum atomic E-state index is -0.0878. The van der Waals surface area contributed by atoms with Crippen molar-refractivity contribution >= 4 is 0 Å². The topological polar surface area (TPSA) is 95.4 Å². The summed E-state index contributed by atoms with van der Waals surface area (Å²) >= 11 is 0. The van der Waals surface area contributed by atoms with Crippen LogP contribution in [0, 0.1) is 6.92 Å². The molecule has 9 nitrogen and oxygen atoms in total. The molecule has 27 heavy (non-hydrogen) atoms. The maximum atomic E-state index is 13.1. The van der Waals surface area contributed by atoms with Gasteiger partial charge in [-0.2, -0.15) is 5.10 Å². The molecule has 1 saturated heterocycles. The quantitative estimate of drug-likeness (QED) is 0.694. The lowest BCUT2D eigenvalue weighted by Gasteiger charge is -2.22. The highest BCUT2D eigenvalue weighted by atomic mass is 16.2. The summed E-state index contributed by atoms with van der Waals surface area (Å²) in [6, 6.07) is 9.76. The van der Waals surface area contributed by atoms with Gasteiger partial charge in [0.2, 0.25) is 0 Å². The highest BCUT2D eigenvalue weighted by Crippen LogP contribution is 2.22. The van der Waals surface area contributed by atoms with E-state index in [-0.39, 0.29) is 11.6 Å². The molecule has 142 valence electrons. The standard InChI is InChI=1S/C18H24N8O/c1-14-20-22-23-24(14)11-6-12-25-18(27)26(16-8-3-2-4-9-16)17(21-25)15-7-5-10-19-13-15/h2-4,8-9,15,19H,5-7,10-13H2,1H3/t15-/m0/s1. The number of para-hydroxylation sites is 1. The highest BCUT2D eigenvalue weighted by Gasteiger charge is 2.24. The number of rotatable bonds is 6. The number of benzene rings is 1. The van der Waals surface area contributed by atoms with Crippen LogP contribution in [0.1, 0.15) is 36.8 Å². The summed E-state index contributed by atoms with van der Waals surface area (Å²) < 4.78 is 5.09. The van der Waals surface area contributed by atoms with Crippen LogP contribution >= 0.6 is 0 Å². The van der Waals surface area contributed by atoms with E-state index < -0.39 is 0 Å². The third kappa shape index (κ3) is 3.68. The van der Waals surface area contributed by atoms with E-state index in [1.165, 1.54) is 0 Å². The van der Waals surface area contributed by atoms with Crippen LogP contribution in [-0.2, 0) is 13.1 Å². The predicted octanol–water partition coefficient (Wildman–Crippen LogP) is 0.886. The Morgan fingerprint density at radius 3 is 2.70 bits per heavy atom. The number of nitrogens with zero attached hydrogens (tertiary/aromatic N) is 7. The molecule has 1 N–H and O–H groups in total. The van der Waals surface area contributed by atoms with Crippen molar-refractivity contribution in [3.05, 3.63) is 52.5 Å². The van der Waals surface area contributed by atoms with Crippen molar-refractivity contribution < 1.29 is 0 Å². The van der Waals surface area contributed by atoms with Gasteiger partial charge in [0, 0.05) is 25.6 Å². The van der Waals surface area contributed by atoms with E-state index in [2.05, 4.69) is 20.8 Å². The van der Waals surface area contributed by atoms with Crippen LogP contribution in [-0.4, -0.2) is 47.6 Å². The molecule has 1 aliphatic rings. The third-order valence-corrected chi connectivity index (χ3v) is 4.99. The Morgan fingerprint density at radius 2 is 2.00 bits per heavy atom. The van der Waals surface area contributed by atoms with E-state index in [1.807, 2.05) is 37.3 Å². The fraction of sp³-hybridized carbons (Fsp3) is 0.500. The second-order valence-electron chi connectivity index (χ2n) is 6.88. The summed E-state index contributed by atoms with van der Waals surface area (Å²) in [5.41, 5.74) is 0.779. The molecule has 1 aliphatic heterocycles. The lowest BCUT2D eigenvalue weighted by Crippen LogP contribution is -2.31. The van der Waals surface area contributed by atoms with Crippen molar-refractivity contribution in [2.75, 3.05) is 13.1 Å². The predicted molar refractivity (Wildman–Crippen MR) is 99.8 cm³/mol. The zero-order chi connectivity index (χ0) is 18.6. The van der Waals surface area contributed by atoms with Gasteiger partial charge in [0.05, 0.1) is 5.69 Å². The number of nitrogens with one attached hydrogen (secondary N) is 1. The summed E-state index contributed by atoms with van der Waals surface area (Å²) in [5, 5.41) is 19.6. The molecular weight excluding hydrogens is 344 g/mol. The van der Waals surface area contributed by atoms with E-state index in [9.17, 15) is 4.79 Å². The maximum Gasteiger partial charge on any atom is 0.350 e. The van der Waals surface area contributed by atoms with Gasteiger partial charge in [0.25, 0.3) is 0 Å². The molecule has 0 amide bonds. The maximum absolute atomic E-state index is 13.1. The molecule has 1 atom stereocenters. The molecule has 2 aromatic heterocycles. The fourth-order valence-electron chi connectivity index (χ4n) is 3.55. The molecule has 4 rings (SSSR count). The number of piperidine rings is 1. The monoisotopic (exact) mass is 368 g/mol. The molecule has 3 aromatic rings. The average molecular weight is 368 g/mol. The number of hydrogen-bond acceptors (Lipinski definition) is 6. The molecule has 9 heteroatoms. The van der Waals surface area contributed by atoms with Crippen LogP contribution < -0.4 is 11.0 Å². The molecule has 1 aromatic carbocycles. The van der Waals surface area contributed by atoms with Gasteiger partial charge in [-0.05, 0) is 55.3 Å². The Labute approximate surface area is 157 Å². The average Bonchev–Trinajstić information content (AvgIpc) is 3.26. The first kappa shape index (κ1) is 17.6. The van der Waals surface area contributed by atoms with Crippen molar-refractivity contribution in [3.63, 3.8) is 0 Å². The normalized spacial score (nSPS) is 17.3. The molecule has 0 bridgehead atoms. The zero-order valence-corrected chi connectivity index (χ0v) is 15.5. The van der Waals surface area contributed by atoms with Gasteiger partial charge in [-0.1, -0.05) is 18.2 Å². The Hall–Kier alpha value is -2.81. The summed E-state index contributed by atoms with van der Waals surface area (Å²) in [5.74, 6) is 1.86. The molecule has 0 saturated carbocycles. The first-order valence-electron chi connectivity index (χ1n) is 9.42. The van der Waals surface area contributed by atoms with Gasteiger partial charge in [-0.25, -0.2) is 18.7 Å². The second kappa shape index (κ2) is 7.83. The molecule has 0 spiro atoms. The Kier molecular flexibility index (Phi) is 5.10. The largest absolute Gasteiger partial charge is 0.350 e. The fourth-order valence-corrected chi connectivity index (χ4v) is 3.55. The van der Waals surface area contributed by atoms with Gasteiger partial charge in [-0.15, -0.1) is 5.10 Å². The number of aromatic nitrogens is 7. The summed E-state index contributed by atoms with van der Waals surface area (Å²) in [6.45, 7) is 4.94. The van der Waals surface area contributed by atoms with Crippen molar-refractivity contribution in [2.45, 2.75) is 45.2 Å². The zero-order valence-electron chi connectivity index (χ0n) is 15.5. The third-order valence-electron chi connectivity index (χ3n) is 4.99. The van der Waals surface area contributed by atoms with Crippen LogP contribution in [0.4, 0.5) is 0 Å². The number of hydrogen-bond donors (Lipinski definition) is 1. The summed E-state index contributed by atoms with van der Waals surface area (Å²) in [6.07, 6.45) is 2.87. The molecule has 0 unspecified atom stereocenters. The second-order valence-corrected chi connectivity index (χ2v) is 6.88. The minimum absolute atomic E-state index is 0.0878. The lowest BCUT2D eigenvalue weighted by molar-refractivity contribution is 0.435. The first-order chi connectivity index (χ1) is 13.2. The van der Waals surface area contributed by atoms with Gasteiger partial charge >= 0.3 is 5.69 Å². The smallest absolute Gasteiger partial charge is 0.316 e.